The van der Waals surface area contributed by atoms with Gasteiger partial charge in [-0.2, -0.15) is 0 Å². The summed E-state index contributed by atoms with van der Waals surface area (Å²) in [4.78, 5) is 42.3. The lowest BCUT2D eigenvalue weighted by Crippen LogP contribution is -2.59. The standard InChI is InChI=1S/C28H45N3O4/c1-8-14-20(4)29-25(32)24(21-15-11-10-12-16-21)31(22-17-13-18-22)26(33)23(19(3)9-2)30-27(34)35-28(5,6)7/h10-12,15-16,19-20,22-24H,8-9,13-14,17-18H2,1-7H3,(H,29,32)(H,30,34). The molecular formula is C28H45N3O4. The molecule has 1 aromatic carbocycles. The fourth-order valence-corrected chi connectivity index (χ4v) is 4.36. The Labute approximate surface area is 211 Å². The number of hydrogen-bond acceptors (Lipinski definition) is 4. The van der Waals surface area contributed by atoms with E-state index in [2.05, 4.69) is 17.6 Å². The van der Waals surface area contributed by atoms with Crippen LogP contribution in [0.3, 0.4) is 0 Å². The molecule has 0 aliphatic heterocycles. The Morgan fingerprint density at radius 3 is 2.17 bits per heavy atom. The van der Waals surface area contributed by atoms with E-state index in [-0.39, 0.29) is 29.8 Å². The van der Waals surface area contributed by atoms with Gasteiger partial charge in [0.25, 0.3) is 0 Å². The van der Waals surface area contributed by atoms with E-state index in [0.29, 0.717) is 6.42 Å². The molecule has 7 heteroatoms. The van der Waals surface area contributed by atoms with Gasteiger partial charge in [-0.25, -0.2) is 4.79 Å². The third kappa shape index (κ3) is 8.25. The third-order valence-corrected chi connectivity index (χ3v) is 6.63. The summed E-state index contributed by atoms with van der Waals surface area (Å²) in [6.07, 6.45) is 4.58. The number of nitrogens with zero attached hydrogens (tertiary/aromatic N) is 1. The lowest BCUT2D eigenvalue weighted by molar-refractivity contribution is -0.148. The summed E-state index contributed by atoms with van der Waals surface area (Å²) in [5.74, 6) is -0.546. The number of carbonyl (C=O) groups is 3. The molecular weight excluding hydrogens is 442 g/mol. The van der Waals surface area contributed by atoms with Crippen molar-refractivity contribution in [3.8, 4) is 0 Å². The molecule has 0 heterocycles. The van der Waals surface area contributed by atoms with Crippen LogP contribution < -0.4 is 10.6 Å². The van der Waals surface area contributed by atoms with Crippen molar-refractivity contribution in [3.05, 3.63) is 35.9 Å². The molecule has 1 aliphatic rings. The summed E-state index contributed by atoms with van der Waals surface area (Å²) in [6, 6.07) is 7.87. The molecule has 35 heavy (non-hydrogen) atoms. The van der Waals surface area contributed by atoms with Gasteiger partial charge in [0.05, 0.1) is 0 Å². The van der Waals surface area contributed by atoms with Gasteiger partial charge >= 0.3 is 6.09 Å². The summed E-state index contributed by atoms with van der Waals surface area (Å²) in [7, 11) is 0. The highest BCUT2D eigenvalue weighted by Crippen LogP contribution is 2.34. The Balaban J connectivity index is 2.45. The molecule has 7 nitrogen and oxygen atoms in total. The molecule has 3 amide bonds. The second kappa shape index (κ2) is 12.9. The van der Waals surface area contributed by atoms with Crippen molar-refractivity contribution in [2.45, 2.75) is 117 Å². The molecule has 0 bridgehead atoms. The molecule has 196 valence electrons. The number of rotatable bonds is 11. The lowest BCUT2D eigenvalue weighted by Gasteiger charge is -2.44. The van der Waals surface area contributed by atoms with E-state index in [1.807, 2.05) is 51.1 Å². The summed E-state index contributed by atoms with van der Waals surface area (Å²) in [5.41, 5.74) is 0.0944. The fourth-order valence-electron chi connectivity index (χ4n) is 4.36. The SMILES string of the molecule is CCCC(C)NC(=O)C(c1ccccc1)N(C(=O)C(NC(=O)OC(C)(C)C)C(C)CC)C1CCC1. The highest BCUT2D eigenvalue weighted by molar-refractivity contribution is 5.92. The zero-order valence-electron chi connectivity index (χ0n) is 22.6. The second-order valence-electron chi connectivity index (χ2n) is 10.9. The van der Waals surface area contributed by atoms with E-state index in [1.54, 1.807) is 25.7 Å². The highest BCUT2D eigenvalue weighted by atomic mass is 16.6. The molecule has 0 radical (unpaired) electrons. The van der Waals surface area contributed by atoms with E-state index in [4.69, 9.17) is 4.74 Å². The summed E-state index contributed by atoms with van der Waals surface area (Å²) >= 11 is 0. The number of nitrogens with one attached hydrogen (secondary N) is 2. The average Bonchev–Trinajstić information content (AvgIpc) is 2.74. The first kappa shape index (κ1) is 28.7. The quantitative estimate of drug-likeness (QED) is 0.440. The van der Waals surface area contributed by atoms with Gasteiger partial charge in [-0.15, -0.1) is 0 Å². The van der Waals surface area contributed by atoms with Crippen LogP contribution in [0.2, 0.25) is 0 Å². The minimum atomic E-state index is -0.789. The van der Waals surface area contributed by atoms with Crippen molar-refractivity contribution in [3.63, 3.8) is 0 Å². The van der Waals surface area contributed by atoms with Crippen LogP contribution in [0.25, 0.3) is 0 Å². The van der Waals surface area contributed by atoms with Crippen LogP contribution in [-0.4, -0.2) is 46.5 Å². The Morgan fingerprint density at radius 2 is 1.69 bits per heavy atom. The van der Waals surface area contributed by atoms with Gasteiger partial charge in [-0.05, 0) is 64.9 Å². The van der Waals surface area contributed by atoms with Gasteiger partial charge in [0.15, 0.2) is 0 Å². The van der Waals surface area contributed by atoms with Gasteiger partial charge < -0.3 is 20.3 Å². The predicted molar refractivity (Wildman–Crippen MR) is 139 cm³/mol. The molecule has 4 atom stereocenters. The zero-order valence-corrected chi connectivity index (χ0v) is 22.6. The maximum atomic E-state index is 14.2. The minimum absolute atomic E-state index is 0.00213. The van der Waals surface area contributed by atoms with E-state index < -0.39 is 23.8 Å². The molecule has 0 aromatic heterocycles. The van der Waals surface area contributed by atoms with Crippen LogP contribution in [0, 0.1) is 5.92 Å². The van der Waals surface area contributed by atoms with Crippen molar-refractivity contribution >= 4 is 17.9 Å². The van der Waals surface area contributed by atoms with Crippen molar-refractivity contribution < 1.29 is 19.1 Å². The lowest BCUT2D eigenvalue weighted by atomic mass is 9.86. The van der Waals surface area contributed by atoms with E-state index in [9.17, 15) is 14.4 Å². The topological polar surface area (TPSA) is 87.7 Å². The van der Waals surface area contributed by atoms with Crippen molar-refractivity contribution in [1.29, 1.82) is 0 Å². The van der Waals surface area contributed by atoms with Gasteiger partial charge in [-0.3, -0.25) is 9.59 Å². The monoisotopic (exact) mass is 487 g/mol. The van der Waals surface area contributed by atoms with Gasteiger partial charge in [-0.1, -0.05) is 63.9 Å². The second-order valence-corrected chi connectivity index (χ2v) is 10.9. The van der Waals surface area contributed by atoms with Gasteiger partial charge in [0.1, 0.15) is 17.7 Å². The summed E-state index contributed by atoms with van der Waals surface area (Å²) < 4.78 is 5.47. The number of ether oxygens (including phenoxy) is 1. The third-order valence-electron chi connectivity index (χ3n) is 6.63. The largest absolute Gasteiger partial charge is 0.444 e. The molecule has 1 saturated carbocycles. The summed E-state index contributed by atoms with van der Waals surface area (Å²) in [6.45, 7) is 13.4. The smallest absolute Gasteiger partial charge is 0.408 e. The van der Waals surface area contributed by atoms with Crippen molar-refractivity contribution in [2.75, 3.05) is 0 Å². The molecule has 1 fully saturated rings. The number of carbonyl (C=O) groups excluding carboxylic acids is 3. The molecule has 1 aliphatic carbocycles. The Kier molecular flexibility index (Phi) is 10.6. The Bertz CT molecular complexity index is 832. The minimum Gasteiger partial charge on any atom is -0.444 e. The molecule has 0 spiro atoms. The van der Waals surface area contributed by atoms with Gasteiger partial charge in [0, 0.05) is 12.1 Å². The number of hydrogen-bond donors (Lipinski definition) is 2. The van der Waals surface area contributed by atoms with Crippen LogP contribution in [0.15, 0.2) is 30.3 Å². The maximum absolute atomic E-state index is 14.2. The number of benzene rings is 1. The number of alkyl carbamates (subject to hydrolysis) is 1. The fraction of sp³-hybridized carbons (Fsp3) is 0.679. The van der Waals surface area contributed by atoms with Crippen LogP contribution >= 0.6 is 0 Å². The molecule has 0 saturated heterocycles. The van der Waals surface area contributed by atoms with E-state index in [1.165, 1.54) is 0 Å². The van der Waals surface area contributed by atoms with Crippen molar-refractivity contribution in [2.24, 2.45) is 5.92 Å². The highest BCUT2D eigenvalue weighted by Gasteiger charge is 2.43. The number of amides is 3. The van der Waals surface area contributed by atoms with Crippen LogP contribution in [0.1, 0.15) is 98.6 Å². The first-order valence-corrected chi connectivity index (χ1v) is 13.1. The maximum Gasteiger partial charge on any atom is 0.408 e. The molecule has 2 rings (SSSR count). The van der Waals surface area contributed by atoms with Crippen LogP contribution in [-0.2, 0) is 14.3 Å². The predicted octanol–water partition coefficient (Wildman–Crippen LogP) is 5.35. The molecule has 4 unspecified atom stereocenters. The van der Waals surface area contributed by atoms with Crippen molar-refractivity contribution in [1.82, 2.24) is 15.5 Å². The van der Waals surface area contributed by atoms with Crippen LogP contribution in [0.5, 0.6) is 0 Å². The Hall–Kier alpha value is -2.57. The van der Waals surface area contributed by atoms with E-state index in [0.717, 1.165) is 37.7 Å². The first-order chi connectivity index (χ1) is 16.5. The van der Waals surface area contributed by atoms with E-state index >= 15 is 0 Å². The Morgan fingerprint density at radius 1 is 1.06 bits per heavy atom. The average molecular weight is 488 g/mol. The van der Waals surface area contributed by atoms with Gasteiger partial charge in [0.2, 0.25) is 11.8 Å². The zero-order chi connectivity index (χ0) is 26.2. The first-order valence-electron chi connectivity index (χ1n) is 13.1. The normalized spacial score (nSPS) is 17.3. The summed E-state index contributed by atoms with van der Waals surface area (Å²) in [5, 5.41) is 5.96. The van der Waals surface area contributed by atoms with Crippen LogP contribution in [0.4, 0.5) is 4.79 Å². The molecule has 1 aromatic rings. The molecule has 2 N–H and O–H groups in total.